The van der Waals surface area contributed by atoms with Crippen molar-refractivity contribution >= 4 is 17.9 Å². The summed E-state index contributed by atoms with van der Waals surface area (Å²) in [5, 5.41) is 0. The average molecular weight is 1170 g/mol. The zero-order valence-electron chi connectivity index (χ0n) is 56.2. The molecule has 0 rings (SSSR count). The molecule has 0 aliphatic rings. The Morgan fingerprint density at radius 2 is 0.434 bits per heavy atom. The number of rotatable bonds is 70. The topological polar surface area (TPSA) is 78.9 Å². The van der Waals surface area contributed by atoms with Crippen LogP contribution in [0.15, 0.2) is 36.5 Å². The Balaban J connectivity index is 3.95. The minimum absolute atomic E-state index is 0.0704. The van der Waals surface area contributed by atoms with Crippen molar-refractivity contribution in [3.05, 3.63) is 36.5 Å². The highest BCUT2D eigenvalue weighted by atomic mass is 16.6. The first-order valence-corrected chi connectivity index (χ1v) is 37.5. The third-order valence-electron chi connectivity index (χ3n) is 17.1. The molecular weight excluding hydrogens is 1020 g/mol. The second kappa shape index (κ2) is 72.1. The maximum Gasteiger partial charge on any atom is 0.306 e. The Morgan fingerprint density at radius 1 is 0.241 bits per heavy atom. The predicted octanol–water partition coefficient (Wildman–Crippen LogP) is 25.9. The number of carbonyl (C=O) groups is 3. The van der Waals surface area contributed by atoms with Crippen LogP contribution in [-0.4, -0.2) is 37.2 Å². The number of allylic oxidation sites excluding steroid dienone is 6. The maximum absolute atomic E-state index is 12.9. The molecule has 1 atom stereocenters. The summed E-state index contributed by atoms with van der Waals surface area (Å²) in [5.41, 5.74) is 0. The molecule has 0 aliphatic carbocycles. The fraction of sp³-hybridized carbons (Fsp3) is 0.883. The van der Waals surface area contributed by atoms with Crippen LogP contribution in [0.5, 0.6) is 0 Å². The van der Waals surface area contributed by atoms with Gasteiger partial charge in [0, 0.05) is 19.3 Å². The average Bonchev–Trinajstić information content (AvgIpc) is 3.50. The highest BCUT2D eigenvalue weighted by Crippen LogP contribution is 2.19. The lowest BCUT2D eigenvalue weighted by molar-refractivity contribution is -0.167. The van der Waals surface area contributed by atoms with Gasteiger partial charge in [-0.25, -0.2) is 0 Å². The van der Waals surface area contributed by atoms with E-state index in [1.54, 1.807) is 0 Å². The Labute approximate surface area is 518 Å². The van der Waals surface area contributed by atoms with Crippen LogP contribution >= 0.6 is 0 Å². The lowest BCUT2D eigenvalue weighted by atomic mass is 10.0. The molecule has 0 bridgehead atoms. The van der Waals surface area contributed by atoms with Gasteiger partial charge in [0.15, 0.2) is 6.10 Å². The third kappa shape index (κ3) is 70.3. The molecule has 0 fully saturated rings. The molecule has 0 aromatic rings. The molecule has 0 aromatic heterocycles. The first-order valence-electron chi connectivity index (χ1n) is 37.5. The molecule has 1 unspecified atom stereocenters. The lowest BCUT2D eigenvalue weighted by Gasteiger charge is -2.18. The predicted molar refractivity (Wildman–Crippen MR) is 362 cm³/mol. The van der Waals surface area contributed by atoms with Crippen molar-refractivity contribution in [1.29, 1.82) is 0 Å². The van der Waals surface area contributed by atoms with Crippen LogP contribution in [0.4, 0.5) is 0 Å². The molecule has 0 saturated heterocycles. The van der Waals surface area contributed by atoms with E-state index in [0.717, 1.165) is 77.0 Å². The van der Waals surface area contributed by atoms with Crippen molar-refractivity contribution < 1.29 is 28.6 Å². The molecule has 0 saturated carbocycles. The van der Waals surface area contributed by atoms with Crippen molar-refractivity contribution in [2.75, 3.05) is 13.2 Å². The summed E-state index contributed by atoms with van der Waals surface area (Å²) < 4.78 is 16.9. The van der Waals surface area contributed by atoms with Gasteiger partial charge in [0.2, 0.25) is 0 Å². The molecule has 0 heterocycles. The summed E-state index contributed by atoms with van der Waals surface area (Å²) in [6.45, 7) is 6.65. The van der Waals surface area contributed by atoms with Crippen LogP contribution in [0.25, 0.3) is 0 Å². The number of unbranched alkanes of at least 4 members (excludes halogenated alkanes) is 53. The largest absolute Gasteiger partial charge is 0.462 e. The zero-order chi connectivity index (χ0) is 59.9. The molecule has 0 amide bonds. The van der Waals surface area contributed by atoms with Gasteiger partial charge in [-0.3, -0.25) is 14.4 Å². The van der Waals surface area contributed by atoms with Crippen molar-refractivity contribution in [1.82, 2.24) is 0 Å². The molecule has 0 aromatic carbocycles. The van der Waals surface area contributed by atoms with Crippen LogP contribution in [0.1, 0.15) is 419 Å². The van der Waals surface area contributed by atoms with E-state index in [2.05, 4.69) is 57.2 Å². The highest BCUT2D eigenvalue weighted by molar-refractivity contribution is 5.71. The van der Waals surface area contributed by atoms with E-state index in [0.29, 0.717) is 19.3 Å². The molecule has 6 nitrogen and oxygen atoms in total. The van der Waals surface area contributed by atoms with Gasteiger partial charge in [0.25, 0.3) is 0 Å². The Morgan fingerprint density at radius 3 is 0.675 bits per heavy atom. The standard InChI is InChI=1S/C77H144O6/c1-4-7-10-13-16-18-20-22-24-26-28-30-32-33-34-35-36-37-38-39-40-41-42-43-45-46-48-50-52-54-56-58-61-64-67-70-76(79)82-73-74(72-81-75(78)69-66-63-60-15-12-9-6-3)83-77(80)71-68-65-62-59-57-55-53-51-49-47-44-31-29-27-25-23-21-19-17-14-11-8-5-2/h21,23,27,29,44,47,74H,4-20,22,24-26,28,30-43,45-46,48-73H2,1-3H3/b23-21-,29-27-,47-44-. The molecule has 0 spiro atoms. The lowest BCUT2D eigenvalue weighted by Crippen LogP contribution is -2.30. The van der Waals surface area contributed by atoms with Gasteiger partial charge in [-0.05, 0) is 57.8 Å². The Kier molecular flexibility index (Phi) is 70.0. The summed E-state index contributed by atoms with van der Waals surface area (Å²) in [4.78, 5) is 38.2. The van der Waals surface area contributed by atoms with Gasteiger partial charge < -0.3 is 14.2 Å². The third-order valence-corrected chi connectivity index (χ3v) is 17.1. The van der Waals surface area contributed by atoms with Gasteiger partial charge in [-0.15, -0.1) is 0 Å². The van der Waals surface area contributed by atoms with Gasteiger partial charge in [-0.1, -0.05) is 378 Å². The second-order valence-electron chi connectivity index (χ2n) is 25.6. The second-order valence-corrected chi connectivity index (χ2v) is 25.6. The van der Waals surface area contributed by atoms with Crippen LogP contribution < -0.4 is 0 Å². The van der Waals surface area contributed by atoms with Crippen LogP contribution in [0, 0.1) is 0 Å². The number of hydrogen-bond donors (Lipinski definition) is 0. The maximum atomic E-state index is 12.9. The van der Waals surface area contributed by atoms with E-state index in [-0.39, 0.29) is 31.1 Å². The van der Waals surface area contributed by atoms with E-state index < -0.39 is 6.10 Å². The van der Waals surface area contributed by atoms with Crippen LogP contribution in [0.2, 0.25) is 0 Å². The van der Waals surface area contributed by atoms with Crippen molar-refractivity contribution in [3.8, 4) is 0 Å². The molecular formula is C77H144O6. The fourth-order valence-corrected chi connectivity index (χ4v) is 11.5. The molecule has 488 valence electrons. The summed E-state index contributed by atoms with van der Waals surface area (Å²) in [5.74, 6) is -0.859. The zero-order valence-corrected chi connectivity index (χ0v) is 56.2. The molecule has 6 heteroatoms. The van der Waals surface area contributed by atoms with E-state index in [1.807, 2.05) is 0 Å². The summed E-state index contributed by atoms with van der Waals surface area (Å²) in [6, 6.07) is 0. The normalized spacial score (nSPS) is 12.2. The van der Waals surface area contributed by atoms with E-state index in [4.69, 9.17) is 14.2 Å². The smallest absolute Gasteiger partial charge is 0.306 e. The SMILES string of the molecule is CCCCCCC/C=C\C/C=C\C/C=C\CCCCCCCCCCC(=O)OC(COC(=O)CCCCCCCCC)COC(=O)CCCCCCCCCCCCCCCCCCCCCCCCCCCCCCCCCCCCC. The Hall–Kier alpha value is -2.37. The van der Waals surface area contributed by atoms with Crippen LogP contribution in [-0.2, 0) is 28.6 Å². The summed E-state index contributed by atoms with van der Waals surface area (Å²) in [6.07, 6.45) is 91.0. The monoisotopic (exact) mass is 1170 g/mol. The molecule has 0 aliphatic heterocycles. The molecule has 0 N–H and O–H groups in total. The number of esters is 3. The number of carbonyl (C=O) groups excluding carboxylic acids is 3. The highest BCUT2D eigenvalue weighted by Gasteiger charge is 2.20. The minimum Gasteiger partial charge on any atom is -0.462 e. The summed E-state index contributed by atoms with van der Waals surface area (Å²) in [7, 11) is 0. The Bertz CT molecular complexity index is 1380. The molecule has 83 heavy (non-hydrogen) atoms. The molecule has 0 radical (unpaired) electrons. The van der Waals surface area contributed by atoms with E-state index in [9.17, 15) is 14.4 Å². The van der Waals surface area contributed by atoms with Crippen molar-refractivity contribution in [3.63, 3.8) is 0 Å². The first kappa shape index (κ1) is 80.6. The van der Waals surface area contributed by atoms with Gasteiger partial charge in [-0.2, -0.15) is 0 Å². The van der Waals surface area contributed by atoms with Crippen LogP contribution in [0.3, 0.4) is 0 Å². The number of hydrogen-bond acceptors (Lipinski definition) is 6. The summed E-state index contributed by atoms with van der Waals surface area (Å²) >= 11 is 0. The minimum atomic E-state index is -0.773. The number of ether oxygens (including phenoxy) is 3. The fourth-order valence-electron chi connectivity index (χ4n) is 11.5. The van der Waals surface area contributed by atoms with E-state index in [1.165, 1.54) is 302 Å². The van der Waals surface area contributed by atoms with Crippen molar-refractivity contribution in [2.24, 2.45) is 0 Å². The quantitative estimate of drug-likeness (QED) is 0.0261. The van der Waals surface area contributed by atoms with Gasteiger partial charge >= 0.3 is 17.9 Å². The van der Waals surface area contributed by atoms with E-state index >= 15 is 0 Å². The van der Waals surface area contributed by atoms with Gasteiger partial charge in [0.1, 0.15) is 13.2 Å². The van der Waals surface area contributed by atoms with Gasteiger partial charge in [0.05, 0.1) is 0 Å². The first-order chi connectivity index (χ1) is 41.0. The van der Waals surface area contributed by atoms with Crippen molar-refractivity contribution in [2.45, 2.75) is 425 Å².